The smallest absolute Gasteiger partial charge is 0.312 e. The first-order valence-electron chi connectivity index (χ1n) is 6.24. The Labute approximate surface area is 122 Å². The Morgan fingerprint density at radius 1 is 1.25 bits per heavy atom. The van der Waals surface area contributed by atoms with Gasteiger partial charge in [-0.3, -0.25) is 14.8 Å². The zero-order valence-corrected chi connectivity index (χ0v) is 12.1. The van der Waals surface area contributed by atoms with Crippen LogP contribution < -0.4 is 0 Å². The van der Waals surface area contributed by atoms with E-state index in [1.165, 1.54) is 6.20 Å². The molecule has 1 aromatic carbocycles. The second kappa shape index (κ2) is 6.01. The van der Waals surface area contributed by atoms with Crippen molar-refractivity contribution in [3.8, 4) is 0 Å². The quantitative estimate of drug-likeness (QED) is 0.939. The number of hydrogen-bond donors (Lipinski definition) is 1. The predicted molar refractivity (Wildman–Crippen MR) is 77.0 cm³/mol. The van der Waals surface area contributed by atoms with Crippen molar-refractivity contribution in [2.24, 2.45) is 0 Å². The molecule has 0 saturated heterocycles. The Bertz CT molecular complexity index is 626. The molecule has 0 amide bonds. The number of carboxylic acids is 1. The van der Waals surface area contributed by atoms with Crippen LogP contribution in [0.4, 0.5) is 0 Å². The molecule has 0 bridgehead atoms. The lowest BCUT2D eigenvalue weighted by Gasteiger charge is -2.13. The summed E-state index contributed by atoms with van der Waals surface area (Å²) in [6.07, 6.45) is 1.90. The molecular formula is C15H15ClN2O2. The Balaban J connectivity index is 2.29. The molecule has 20 heavy (non-hydrogen) atoms. The molecule has 2 aromatic rings. The van der Waals surface area contributed by atoms with Crippen LogP contribution in [-0.4, -0.2) is 21.0 Å². The van der Waals surface area contributed by atoms with Crippen molar-refractivity contribution in [3.05, 3.63) is 58.1 Å². The molecule has 0 aliphatic heterocycles. The van der Waals surface area contributed by atoms with Gasteiger partial charge in [-0.25, -0.2) is 0 Å². The third kappa shape index (κ3) is 3.33. The molecule has 0 aliphatic rings. The monoisotopic (exact) mass is 290 g/mol. The summed E-state index contributed by atoms with van der Waals surface area (Å²) in [6.45, 7) is 3.67. The van der Waals surface area contributed by atoms with Gasteiger partial charge >= 0.3 is 5.97 Å². The summed E-state index contributed by atoms with van der Waals surface area (Å²) in [7, 11) is 0. The highest BCUT2D eigenvalue weighted by atomic mass is 35.5. The summed E-state index contributed by atoms with van der Waals surface area (Å²) in [6, 6.07) is 7.16. The van der Waals surface area contributed by atoms with Gasteiger partial charge in [0.1, 0.15) is 5.92 Å². The molecule has 5 heteroatoms. The molecule has 104 valence electrons. The van der Waals surface area contributed by atoms with Crippen LogP contribution in [0.1, 0.15) is 28.6 Å². The number of halogens is 1. The zero-order valence-electron chi connectivity index (χ0n) is 11.3. The second-order valence-corrected chi connectivity index (χ2v) is 5.12. The molecule has 1 N–H and O–H groups in total. The molecule has 1 atom stereocenters. The fourth-order valence-corrected chi connectivity index (χ4v) is 2.03. The van der Waals surface area contributed by atoms with Crippen LogP contribution in [0.2, 0.25) is 5.02 Å². The molecular weight excluding hydrogens is 276 g/mol. The first kappa shape index (κ1) is 14.5. The molecule has 0 saturated carbocycles. The SMILES string of the molecule is Cc1ncc(C(Cc2ccc(Cl)cc2)C(=O)O)nc1C. The summed E-state index contributed by atoms with van der Waals surface area (Å²) < 4.78 is 0. The van der Waals surface area contributed by atoms with Crippen molar-refractivity contribution >= 4 is 17.6 Å². The van der Waals surface area contributed by atoms with Gasteiger partial charge in [0.25, 0.3) is 0 Å². The van der Waals surface area contributed by atoms with Gasteiger partial charge in [-0.2, -0.15) is 0 Å². The summed E-state index contributed by atoms with van der Waals surface area (Å²) >= 11 is 5.83. The summed E-state index contributed by atoms with van der Waals surface area (Å²) in [5.41, 5.74) is 2.95. The molecule has 4 nitrogen and oxygen atoms in total. The van der Waals surface area contributed by atoms with Crippen LogP contribution in [0, 0.1) is 13.8 Å². The average molecular weight is 291 g/mol. The maximum absolute atomic E-state index is 11.5. The van der Waals surface area contributed by atoms with E-state index in [0.29, 0.717) is 17.1 Å². The standard InChI is InChI=1S/C15H15ClN2O2/c1-9-10(2)18-14(8-17-9)13(15(19)20)7-11-3-5-12(16)6-4-11/h3-6,8,13H,7H2,1-2H3,(H,19,20). The van der Waals surface area contributed by atoms with Gasteiger partial charge in [-0.15, -0.1) is 0 Å². The van der Waals surface area contributed by atoms with E-state index >= 15 is 0 Å². The third-order valence-electron chi connectivity index (χ3n) is 3.22. The van der Waals surface area contributed by atoms with Crippen molar-refractivity contribution in [3.63, 3.8) is 0 Å². The number of aromatic nitrogens is 2. The van der Waals surface area contributed by atoms with E-state index in [4.69, 9.17) is 11.6 Å². The van der Waals surface area contributed by atoms with E-state index in [1.54, 1.807) is 12.1 Å². The van der Waals surface area contributed by atoms with E-state index in [9.17, 15) is 9.90 Å². The number of carboxylic acid groups (broad SMARTS) is 1. The van der Waals surface area contributed by atoms with Gasteiger partial charge in [-0.1, -0.05) is 23.7 Å². The predicted octanol–water partition coefficient (Wildman–Crippen LogP) is 3.16. The Morgan fingerprint density at radius 2 is 1.90 bits per heavy atom. The summed E-state index contributed by atoms with van der Waals surface area (Å²) in [5.74, 6) is -1.61. The summed E-state index contributed by atoms with van der Waals surface area (Å²) in [5, 5.41) is 10.0. The molecule has 1 heterocycles. The number of carbonyl (C=O) groups is 1. The van der Waals surface area contributed by atoms with Gasteiger partial charge in [-0.05, 0) is 38.0 Å². The lowest BCUT2D eigenvalue weighted by atomic mass is 9.96. The van der Waals surface area contributed by atoms with Crippen molar-refractivity contribution in [2.75, 3.05) is 0 Å². The van der Waals surface area contributed by atoms with Gasteiger partial charge in [0, 0.05) is 11.2 Å². The highest BCUT2D eigenvalue weighted by molar-refractivity contribution is 6.30. The lowest BCUT2D eigenvalue weighted by molar-refractivity contribution is -0.138. The lowest BCUT2D eigenvalue weighted by Crippen LogP contribution is -2.17. The van der Waals surface area contributed by atoms with Crippen LogP contribution in [0.15, 0.2) is 30.5 Å². The van der Waals surface area contributed by atoms with Crippen LogP contribution >= 0.6 is 11.6 Å². The van der Waals surface area contributed by atoms with Gasteiger partial charge in [0.05, 0.1) is 17.1 Å². The average Bonchev–Trinajstić information content (AvgIpc) is 2.41. The van der Waals surface area contributed by atoms with E-state index < -0.39 is 11.9 Å². The molecule has 1 unspecified atom stereocenters. The normalized spacial score (nSPS) is 12.2. The fourth-order valence-electron chi connectivity index (χ4n) is 1.90. The molecule has 1 aromatic heterocycles. The Kier molecular flexibility index (Phi) is 4.35. The second-order valence-electron chi connectivity index (χ2n) is 4.69. The number of nitrogens with zero attached hydrogens (tertiary/aromatic N) is 2. The highest BCUT2D eigenvalue weighted by Gasteiger charge is 2.22. The largest absolute Gasteiger partial charge is 0.481 e. The highest BCUT2D eigenvalue weighted by Crippen LogP contribution is 2.21. The minimum Gasteiger partial charge on any atom is -0.481 e. The van der Waals surface area contributed by atoms with Crippen molar-refractivity contribution < 1.29 is 9.90 Å². The molecule has 0 radical (unpaired) electrons. The van der Waals surface area contributed by atoms with Crippen molar-refractivity contribution in [2.45, 2.75) is 26.2 Å². The first-order chi connectivity index (χ1) is 9.47. The van der Waals surface area contributed by atoms with E-state index in [2.05, 4.69) is 9.97 Å². The van der Waals surface area contributed by atoms with Gasteiger partial charge in [0.2, 0.25) is 0 Å². The van der Waals surface area contributed by atoms with Crippen molar-refractivity contribution in [1.29, 1.82) is 0 Å². The maximum atomic E-state index is 11.5. The Hall–Kier alpha value is -1.94. The topological polar surface area (TPSA) is 63.1 Å². The zero-order chi connectivity index (χ0) is 14.7. The van der Waals surface area contributed by atoms with Gasteiger partial charge in [0.15, 0.2) is 0 Å². The van der Waals surface area contributed by atoms with Crippen LogP contribution in [0.25, 0.3) is 0 Å². The van der Waals surface area contributed by atoms with Gasteiger partial charge < -0.3 is 5.11 Å². The van der Waals surface area contributed by atoms with Crippen LogP contribution in [-0.2, 0) is 11.2 Å². The number of benzene rings is 1. The van der Waals surface area contributed by atoms with Crippen LogP contribution in [0.5, 0.6) is 0 Å². The minimum atomic E-state index is -0.905. The van der Waals surface area contributed by atoms with Crippen LogP contribution in [0.3, 0.4) is 0 Å². The van der Waals surface area contributed by atoms with E-state index in [1.807, 2.05) is 26.0 Å². The third-order valence-corrected chi connectivity index (χ3v) is 3.47. The fraction of sp³-hybridized carbons (Fsp3) is 0.267. The molecule has 0 fully saturated rings. The number of aryl methyl sites for hydroxylation is 2. The van der Waals surface area contributed by atoms with E-state index in [-0.39, 0.29) is 0 Å². The molecule has 0 aliphatic carbocycles. The van der Waals surface area contributed by atoms with E-state index in [0.717, 1.165) is 17.0 Å². The first-order valence-corrected chi connectivity index (χ1v) is 6.62. The van der Waals surface area contributed by atoms with Crippen molar-refractivity contribution in [1.82, 2.24) is 9.97 Å². The number of hydrogen-bond acceptors (Lipinski definition) is 3. The number of aliphatic carboxylic acids is 1. The Morgan fingerprint density at radius 3 is 2.45 bits per heavy atom. The minimum absolute atomic E-state index is 0.365. The summed E-state index contributed by atoms with van der Waals surface area (Å²) in [4.78, 5) is 20.0. The maximum Gasteiger partial charge on any atom is 0.312 e. The molecule has 2 rings (SSSR count). The molecule has 0 spiro atoms. The number of rotatable bonds is 4.